The van der Waals surface area contributed by atoms with Crippen molar-refractivity contribution >= 4 is 11.4 Å². The number of fused-ring (bicyclic) bond motifs is 2. The fraction of sp³-hybridized carbons (Fsp3) is 0.571. The molecule has 5 nitrogen and oxygen atoms in total. The number of benzene rings is 1. The third-order valence-electron chi connectivity index (χ3n) is 4.16. The highest BCUT2D eigenvalue weighted by atomic mass is 16.6. The number of likely N-dealkylation sites (tertiary alicyclic amines) is 1. The number of aliphatic hydroxyl groups excluding tert-OH is 1. The molecule has 0 spiro atoms. The summed E-state index contributed by atoms with van der Waals surface area (Å²) in [5.41, 5.74) is 5.07. The zero-order valence-electron chi connectivity index (χ0n) is 11.2. The first-order valence-corrected chi connectivity index (χ1v) is 6.82. The molecule has 0 saturated carbocycles. The fourth-order valence-electron chi connectivity index (χ4n) is 3.31. The van der Waals surface area contributed by atoms with Crippen LogP contribution in [0.25, 0.3) is 0 Å². The van der Waals surface area contributed by atoms with Crippen LogP contribution in [0, 0.1) is 0 Å². The third kappa shape index (κ3) is 2.41. The highest BCUT2D eigenvalue weighted by molar-refractivity contribution is 5.56. The zero-order chi connectivity index (χ0) is 13.2. The largest absolute Gasteiger partial charge is 0.395 e. The molecule has 0 radical (unpaired) electrons. The highest BCUT2D eigenvalue weighted by Gasteiger charge is 2.42. The molecule has 2 unspecified atom stereocenters. The second-order valence-electron chi connectivity index (χ2n) is 5.27. The van der Waals surface area contributed by atoms with Gasteiger partial charge in [0.15, 0.2) is 0 Å². The highest BCUT2D eigenvalue weighted by Crippen LogP contribution is 2.34. The molecule has 0 aromatic heterocycles. The summed E-state index contributed by atoms with van der Waals surface area (Å²) < 4.78 is 0. The number of hydrogen-bond donors (Lipinski definition) is 2. The van der Waals surface area contributed by atoms with E-state index in [0.29, 0.717) is 12.1 Å². The van der Waals surface area contributed by atoms with Gasteiger partial charge in [-0.05, 0) is 30.7 Å². The molecule has 2 atom stereocenters. The number of rotatable bonds is 5. The van der Waals surface area contributed by atoms with Crippen LogP contribution in [-0.2, 0) is 4.84 Å². The van der Waals surface area contributed by atoms with E-state index in [1.54, 1.807) is 7.11 Å². The molecule has 1 aromatic rings. The standard InChI is InChI=1S/C14H21N3O2/c1-19-15-11-2-4-12(5-3-11)17-10-13-8-14(17)9-16(13)6-7-18/h2-5,13-15,18H,6-10H2,1H3. The molecule has 19 heavy (non-hydrogen) atoms. The number of anilines is 2. The minimum absolute atomic E-state index is 0.264. The Morgan fingerprint density at radius 1 is 1.26 bits per heavy atom. The van der Waals surface area contributed by atoms with Crippen molar-refractivity contribution in [2.24, 2.45) is 0 Å². The zero-order valence-corrected chi connectivity index (χ0v) is 11.2. The Hall–Kier alpha value is -1.30. The molecule has 2 aliphatic rings. The Morgan fingerprint density at radius 2 is 2.05 bits per heavy atom. The molecule has 104 valence electrons. The molecule has 3 rings (SSSR count). The number of aliphatic hydroxyl groups is 1. The van der Waals surface area contributed by atoms with Gasteiger partial charge in [0.25, 0.3) is 0 Å². The van der Waals surface area contributed by atoms with E-state index in [4.69, 9.17) is 9.94 Å². The van der Waals surface area contributed by atoms with Gasteiger partial charge in [-0.25, -0.2) is 0 Å². The molecular formula is C14H21N3O2. The maximum atomic E-state index is 9.04. The van der Waals surface area contributed by atoms with Gasteiger partial charge in [-0.2, -0.15) is 0 Å². The molecule has 1 aromatic carbocycles. The lowest BCUT2D eigenvalue weighted by atomic mass is 10.2. The van der Waals surface area contributed by atoms with Crippen LogP contribution in [-0.4, -0.2) is 55.4 Å². The summed E-state index contributed by atoms with van der Waals surface area (Å²) in [6.07, 6.45) is 1.22. The minimum atomic E-state index is 0.264. The van der Waals surface area contributed by atoms with E-state index >= 15 is 0 Å². The molecule has 2 fully saturated rings. The van der Waals surface area contributed by atoms with Crippen molar-refractivity contribution in [1.29, 1.82) is 0 Å². The maximum Gasteiger partial charge on any atom is 0.0636 e. The van der Waals surface area contributed by atoms with E-state index in [2.05, 4.69) is 27.4 Å². The lowest BCUT2D eigenvalue weighted by Crippen LogP contribution is -2.47. The lowest BCUT2D eigenvalue weighted by molar-refractivity contribution is 0.177. The van der Waals surface area contributed by atoms with Gasteiger partial charge < -0.3 is 10.0 Å². The fourth-order valence-corrected chi connectivity index (χ4v) is 3.31. The molecule has 0 amide bonds. The molecule has 2 saturated heterocycles. The molecule has 2 N–H and O–H groups in total. The monoisotopic (exact) mass is 263 g/mol. The van der Waals surface area contributed by atoms with Gasteiger partial charge >= 0.3 is 0 Å². The Kier molecular flexibility index (Phi) is 3.59. The molecule has 2 bridgehead atoms. The smallest absolute Gasteiger partial charge is 0.0636 e. The number of β-amino-alcohol motifs (C(OH)–C–C–N with tert-alkyl or cyclic N) is 1. The predicted octanol–water partition coefficient (Wildman–Crippen LogP) is 0.915. The van der Waals surface area contributed by atoms with Crippen molar-refractivity contribution < 1.29 is 9.94 Å². The van der Waals surface area contributed by atoms with Gasteiger partial charge in [0.1, 0.15) is 0 Å². The van der Waals surface area contributed by atoms with E-state index in [1.165, 1.54) is 12.1 Å². The first-order valence-electron chi connectivity index (χ1n) is 6.82. The molecule has 2 aliphatic heterocycles. The van der Waals surface area contributed by atoms with Crippen LogP contribution in [0.15, 0.2) is 24.3 Å². The van der Waals surface area contributed by atoms with Crippen LogP contribution < -0.4 is 10.4 Å². The van der Waals surface area contributed by atoms with Crippen molar-refractivity contribution in [3.05, 3.63) is 24.3 Å². The first kappa shape index (κ1) is 12.7. The maximum absolute atomic E-state index is 9.04. The van der Waals surface area contributed by atoms with Gasteiger partial charge in [0.05, 0.1) is 19.4 Å². The lowest BCUT2D eigenvalue weighted by Gasteiger charge is -2.35. The van der Waals surface area contributed by atoms with Crippen molar-refractivity contribution in [1.82, 2.24) is 4.90 Å². The van der Waals surface area contributed by atoms with Crippen LogP contribution >= 0.6 is 0 Å². The van der Waals surface area contributed by atoms with Gasteiger partial charge in [0.2, 0.25) is 0 Å². The van der Waals surface area contributed by atoms with Crippen molar-refractivity contribution in [2.75, 3.05) is 43.7 Å². The van der Waals surface area contributed by atoms with Gasteiger partial charge in [-0.3, -0.25) is 15.2 Å². The number of hydrogen-bond acceptors (Lipinski definition) is 5. The second-order valence-corrected chi connectivity index (χ2v) is 5.27. The topological polar surface area (TPSA) is 48.0 Å². The summed E-state index contributed by atoms with van der Waals surface area (Å²) in [5.74, 6) is 0. The second kappa shape index (κ2) is 5.36. The van der Waals surface area contributed by atoms with Gasteiger partial charge in [-0.15, -0.1) is 0 Å². The van der Waals surface area contributed by atoms with Crippen LogP contribution in [0.1, 0.15) is 6.42 Å². The Labute approximate surface area is 113 Å². The number of nitrogens with one attached hydrogen (secondary N) is 1. The third-order valence-corrected chi connectivity index (χ3v) is 4.16. The predicted molar refractivity (Wildman–Crippen MR) is 75.3 cm³/mol. The van der Waals surface area contributed by atoms with Gasteiger partial charge in [0, 0.05) is 37.4 Å². The summed E-state index contributed by atoms with van der Waals surface area (Å²) in [5, 5.41) is 9.04. The van der Waals surface area contributed by atoms with Crippen LogP contribution in [0.2, 0.25) is 0 Å². The first-order chi connectivity index (χ1) is 9.31. The Bertz CT molecular complexity index is 423. The normalized spacial score (nSPS) is 26.1. The van der Waals surface area contributed by atoms with E-state index in [-0.39, 0.29) is 6.61 Å². The van der Waals surface area contributed by atoms with E-state index in [1.807, 2.05) is 12.1 Å². The molecule has 2 heterocycles. The summed E-state index contributed by atoms with van der Waals surface area (Å²) in [6, 6.07) is 9.55. The molecular weight excluding hydrogens is 242 g/mol. The quantitative estimate of drug-likeness (QED) is 0.774. The Morgan fingerprint density at radius 3 is 2.63 bits per heavy atom. The van der Waals surface area contributed by atoms with E-state index in [9.17, 15) is 0 Å². The number of nitrogens with zero attached hydrogens (tertiary/aromatic N) is 2. The van der Waals surface area contributed by atoms with Crippen molar-refractivity contribution in [3.63, 3.8) is 0 Å². The average molecular weight is 263 g/mol. The molecule has 0 aliphatic carbocycles. The number of piperazine rings is 1. The summed E-state index contributed by atoms with van der Waals surface area (Å²) in [4.78, 5) is 9.78. The summed E-state index contributed by atoms with van der Waals surface area (Å²) in [7, 11) is 1.61. The summed E-state index contributed by atoms with van der Waals surface area (Å²) in [6.45, 7) is 3.22. The average Bonchev–Trinajstić information content (AvgIpc) is 3.00. The van der Waals surface area contributed by atoms with Crippen molar-refractivity contribution in [3.8, 4) is 0 Å². The van der Waals surface area contributed by atoms with E-state index in [0.717, 1.165) is 25.3 Å². The Balaban J connectivity index is 1.66. The van der Waals surface area contributed by atoms with Crippen molar-refractivity contribution in [2.45, 2.75) is 18.5 Å². The van der Waals surface area contributed by atoms with Crippen LogP contribution in [0.5, 0.6) is 0 Å². The molecule has 5 heteroatoms. The summed E-state index contributed by atoms with van der Waals surface area (Å²) >= 11 is 0. The van der Waals surface area contributed by atoms with Crippen LogP contribution in [0.4, 0.5) is 11.4 Å². The SMILES string of the molecule is CONc1ccc(N2CC3CC2CN3CCO)cc1. The van der Waals surface area contributed by atoms with Gasteiger partial charge in [-0.1, -0.05) is 0 Å². The minimum Gasteiger partial charge on any atom is -0.395 e. The van der Waals surface area contributed by atoms with E-state index < -0.39 is 0 Å². The van der Waals surface area contributed by atoms with Crippen LogP contribution in [0.3, 0.4) is 0 Å².